The third kappa shape index (κ3) is 2.08. The van der Waals surface area contributed by atoms with Crippen molar-refractivity contribution >= 4 is 12.6 Å². The molecule has 0 unspecified atom stereocenters. The van der Waals surface area contributed by atoms with Crippen LogP contribution in [0.3, 0.4) is 0 Å². The summed E-state index contributed by atoms with van der Waals surface area (Å²) < 4.78 is 38.7. The summed E-state index contributed by atoms with van der Waals surface area (Å²) in [7, 11) is -2.09. The quantitative estimate of drug-likeness (QED) is 0.693. The second kappa shape index (κ2) is 3.63. The van der Waals surface area contributed by atoms with Gasteiger partial charge in [-0.15, -0.1) is 0 Å². The number of hydrogen-bond donors (Lipinski definition) is 2. The average Bonchev–Trinajstić information content (AvgIpc) is 2.01. The predicted octanol–water partition coefficient (Wildman–Crippen LogP) is 0.617. The molecule has 1 aromatic rings. The van der Waals surface area contributed by atoms with Crippen LogP contribution < -0.4 is 5.46 Å². The van der Waals surface area contributed by atoms with Crippen molar-refractivity contribution in [1.82, 2.24) is 0 Å². The van der Waals surface area contributed by atoms with Crippen LogP contribution >= 0.6 is 0 Å². The lowest BCUT2D eigenvalue weighted by Gasteiger charge is -2.13. The fourth-order valence-electron chi connectivity index (χ4n) is 1.09. The van der Waals surface area contributed by atoms with Crippen LogP contribution in [0, 0.1) is 5.82 Å². The molecule has 1 aromatic carbocycles. The van der Waals surface area contributed by atoms with Crippen molar-refractivity contribution in [3.63, 3.8) is 0 Å². The Labute approximate surface area is 79.1 Å². The molecular formula is C8H8BF3O2. The number of halogens is 3. The summed E-state index contributed by atoms with van der Waals surface area (Å²) in [6.45, 7) is 0.541. The lowest BCUT2D eigenvalue weighted by Crippen LogP contribution is -2.34. The van der Waals surface area contributed by atoms with Gasteiger partial charge in [-0.2, -0.15) is 0 Å². The summed E-state index contributed by atoms with van der Waals surface area (Å²) in [4.78, 5) is 0. The molecule has 0 aliphatic carbocycles. The first-order valence-corrected chi connectivity index (χ1v) is 3.87. The Balaban J connectivity index is 3.28. The van der Waals surface area contributed by atoms with E-state index in [2.05, 4.69) is 0 Å². The van der Waals surface area contributed by atoms with E-state index >= 15 is 0 Å². The van der Waals surface area contributed by atoms with E-state index in [0.717, 1.165) is 18.2 Å². The molecule has 0 aliphatic rings. The van der Waals surface area contributed by atoms with Crippen LogP contribution in [0.5, 0.6) is 0 Å². The highest BCUT2D eigenvalue weighted by molar-refractivity contribution is 6.58. The van der Waals surface area contributed by atoms with Gasteiger partial charge in [-0.25, -0.2) is 13.2 Å². The monoisotopic (exact) mass is 204 g/mol. The summed E-state index contributed by atoms with van der Waals surface area (Å²) in [5.74, 6) is -4.62. The Morgan fingerprint density at radius 2 is 1.86 bits per heavy atom. The van der Waals surface area contributed by atoms with E-state index in [-0.39, 0.29) is 0 Å². The fourth-order valence-corrected chi connectivity index (χ4v) is 1.09. The number of rotatable bonds is 2. The SMILES string of the molecule is CC(F)(F)c1cccc(B(O)O)c1F. The van der Waals surface area contributed by atoms with Crippen LogP contribution in [0.2, 0.25) is 0 Å². The van der Waals surface area contributed by atoms with Crippen LogP contribution in [0.15, 0.2) is 18.2 Å². The highest BCUT2D eigenvalue weighted by Crippen LogP contribution is 2.28. The molecule has 0 bridgehead atoms. The first-order chi connectivity index (χ1) is 6.34. The Kier molecular flexibility index (Phi) is 2.87. The van der Waals surface area contributed by atoms with E-state index in [1.165, 1.54) is 0 Å². The molecule has 0 spiro atoms. The normalized spacial score (nSPS) is 11.6. The highest BCUT2D eigenvalue weighted by atomic mass is 19.3. The van der Waals surface area contributed by atoms with E-state index in [9.17, 15) is 13.2 Å². The largest absolute Gasteiger partial charge is 0.491 e. The summed E-state index contributed by atoms with van der Waals surface area (Å²) in [6.07, 6.45) is 0. The van der Waals surface area contributed by atoms with E-state index in [1.807, 2.05) is 0 Å². The summed E-state index contributed by atoms with van der Waals surface area (Å²) >= 11 is 0. The zero-order valence-electron chi connectivity index (χ0n) is 7.34. The lowest BCUT2D eigenvalue weighted by atomic mass is 9.78. The van der Waals surface area contributed by atoms with Crippen molar-refractivity contribution in [2.45, 2.75) is 12.8 Å². The van der Waals surface area contributed by atoms with Gasteiger partial charge < -0.3 is 10.0 Å². The molecule has 0 heterocycles. The molecule has 0 radical (unpaired) electrons. The molecule has 0 saturated carbocycles. The Morgan fingerprint density at radius 1 is 1.29 bits per heavy atom. The topological polar surface area (TPSA) is 40.5 Å². The Hall–Kier alpha value is -1.01. The molecule has 2 N–H and O–H groups in total. The van der Waals surface area contributed by atoms with Crippen molar-refractivity contribution in [1.29, 1.82) is 0 Å². The van der Waals surface area contributed by atoms with Gasteiger partial charge in [-0.1, -0.05) is 18.2 Å². The van der Waals surface area contributed by atoms with Crippen LogP contribution in [-0.4, -0.2) is 17.2 Å². The molecular weight excluding hydrogens is 196 g/mol. The van der Waals surface area contributed by atoms with Gasteiger partial charge in [0.1, 0.15) is 5.82 Å². The van der Waals surface area contributed by atoms with Gasteiger partial charge >= 0.3 is 7.12 Å². The minimum Gasteiger partial charge on any atom is -0.423 e. The van der Waals surface area contributed by atoms with E-state index in [4.69, 9.17) is 10.0 Å². The van der Waals surface area contributed by atoms with Crippen molar-refractivity contribution in [2.75, 3.05) is 0 Å². The van der Waals surface area contributed by atoms with E-state index < -0.39 is 29.9 Å². The molecule has 6 heteroatoms. The molecule has 1 rings (SSSR count). The second-order valence-electron chi connectivity index (χ2n) is 2.97. The second-order valence-corrected chi connectivity index (χ2v) is 2.97. The maximum absolute atomic E-state index is 13.2. The molecule has 0 amide bonds. The Bertz CT molecular complexity index is 336. The average molecular weight is 204 g/mol. The molecule has 0 saturated heterocycles. The first kappa shape index (κ1) is 11.1. The predicted molar refractivity (Wildman–Crippen MR) is 45.8 cm³/mol. The van der Waals surface area contributed by atoms with Crippen molar-refractivity contribution < 1.29 is 23.2 Å². The summed E-state index contributed by atoms with van der Waals surface area (Å²) in [6, 6.07) is 3.08. The van der Waals surface area contributed by atoms with Crippen LogP contribution in [-0.2, 0) is 5.92 Å². The summed E-state index contributed by atoms with van der Waals surface area (Å²) in [5.41, 5.74) is -1.40. The van der Waals surface area contributed by atoms with Crippen molar-refractivity contribution in [3.8, 4) is 0 Å². The standard InChI is InChI=1S/C8H8BF3O2/c1-8(11,12)5-3-2-4-6(7(5)10)9(13)14/h2-4,13-14H,1H3. The number of alkyl halides is 2. The van der Waals surface area contributed by atoms with E-state index in [0.29, 0.717) is 6.92 Å². The number of hydrogen-bond acceptors (Lipinski definition) is 2. The minimum atomic E-state index is -3.34. The Morgan fingerprint density at radius 3 is 2.29 bits per heavy atom. The minimum absolute atomic E-state index is 0.541. The fraction of sp³-hybridized carbons (Fsp3) is 0.250. The molecule has 14 heavy (non-hydrogen) atoms. The molecule has 76 valence electrons. The van der Waals surface area contributed by atoms with Crippen LogP contribution in [0.25, 0.3) is 0 Å². The lowest BCUT2D eigenvalue weighted by molar-refractivity contribution is 0.0139. The molecule has 0 fully saturated rings. The van der Waals surface area contributed by atoms with Gasteiger partial charge in [-0.05, 0) is 0 Å². The van der Waals surface area contributed by atoms with Crippen LogP contribution in [0.4, 0.5) is 13.2 Å². The molecule has 0 aliphatic heterocycles. The van der Waals surface area contributed by atoms with Gasteiger partial charge in [-0.3, -0.25) is 0 Å². The molecule has 0 aromatic heterocycles. The highest BCUT2D eigenvalue weighted by Gasteiger charge is 2.31. The van der Waals surface area contributed by atoms with E-state index in [1.54, 1.807) is 0 Å². The van der Waals surface area contributed by atoms with Crippen molar-refractivity contribution in [3.05, 3.63) is 29.6 Å². The summed E-state index contributed by atoms with van der Waals surface area (Å²) in [5, 5.41) is 17.3. The zero-order valence-corrected chi connectivity index (χ0v) is 7.34. The molecule has 0 atom stereocenters. The maximum Gasteiger partial charge on any atom is 0.491 e. The van der Waals surface area contributed by atoms with Crippen molar-refractivity contribution in [2.24, 2.45) is 0 Å². The maximum atomic E-state index is 13.2. The number of benzene rings is 1. The van der Waals surface area contributed by atoms with Gasteiger partial charge in [0.05, 0.1) is 5.56 Å². The van der Waals surface area contributed by atoms with Gasteiger partial charge in [0.2, 0.25) is 0 Å². The van der Waals surface area contributed by atoms with Gasteiger partial charge in [0, 0.05) is 12.4 Å². The van der Waals surface area contributed by atoms with Gasteiger partial charge in [0.15, 0.2) is 0 Å². The van der Waals surface area contributed by atoms with Gasteiger partial charge in [0.25, 0.3) is 5.92 Å². The third-order valence-electron chi connectivity index (χ3n) is 1.78. The molecule has 2 nitrogen and oxygen atoms in total. The zero-order chi connectivity index (χ0) is 10.9. The smallest absolute Gasteiger partial charge is 0.423 e. The third-order valence-corrected chi connectivity index (χ3v) is 1.78. The van der Waals surface area contributed by atoms with Crippen LogP contribution in [0.1, 0.15) is 12.5 Å². The first-order valence-electron chi connectivity index (χ1n) is 3.87.